The van der Waals surface area contributed by atoms with E-state index in [4.69, 9.17) is 21.1 Å². The Hall–Kier alpha value is -1.17. The second-order valence-electron chi connectivity index (χ2n) is 4.66. The largest absolute Gasteiger partial charge is 0.509 e. The standard InChI is InChI=1S/C11H20ClNO5/c1-8(12)17-10(15)16-7-6-13(5)9(14)18-11(2,3)4/h8H,6-7H2,1-5H3. The topological polar surface area (TPSA) is 65.1 Å². The number of halogens is 1. The van der Waals surface area contributed by atoms with Crippen LogP contribution in [0.4, 0.5) is 9.59 Å². The zero-order chi connectivity index (χ0) is 14.3. The lowest BCUT2D eigenvalue weighted by Crippen LogP contribution is -2.36. The molecule has 0 aliphatic rings. The van der Waals surface area contributed by atoms with Crippen LogP contribution in [0.2, 0.25) is 0 Å². The van der Waals surface area contributed by atoms with Gasteiger partial charge in [-0.05, 0) is 27.7 Å². The highest BCUT2D eigenvalue weighted by Crippen LogP contribution is 2.08. The molecule has 7 heteroatoms. The SMILES string of the molecule is CC(Cl)OC(=O)OCCN(C)C(=O)OC(C)(C)C. The number of likely N-dealkylation sites (N-methyl/N-ethyl adjacent to an activating group) is 1. The predicted octanol–water partition coefficient (Wildman–Crippen LogP) is 2.59. The van der Waals surface area contributed by atoms with Crippen LogP contribution in [0.25, 0.3) is 0 Å². The summed E-state index contributed by atoms with van der Waals surface area (Å²) < 4.78 is 14.4. The molecule has 0 aromatic rings. The summed E-state index contributed by atoms with van der Waals surface area (Å²) in [6, 6.07) is 0. The van der Waals surface area contributed by atoms with E-state index in [-0.39, 0.29) is 13.2 Å². The van der Waals surface area contributed by atoms with Gasteiger partial charge in [0, 0.05) is 7.05 Å². The molecule has 1 atom stereocenters. The minimum Gasteiger partial charge on any atom is -0.444 e. The Morgan fingerprint density at radius 2 is 1.89 bits per heavy atom. The van der Waals surface area contributed by atoms with Gasteiger partial charge in [0.05, 0.1) is 6.54 Å². The molecule has 0 rings (SSSR count). The minimum absolute atomic E-state index is 0.0121. The molecule has 106 valence electrons. The van der Waals surface area contributed by atoms with Crippen molar-refractivity contribution in [3.05, 3.63) is 0 Å². The van der Waals surface area contributed by atoms with Gasteiger partial charge in [-0.25, -0.2) is 9.59 Å². The molecule has 0 aliphatic carbocycles. The molecule has 0 saturated heterocycles. The summed E-state index contributed by atoms with van der Waals surface area (Å²) in [5, 5.41) is 0. The molecular formula is C11H20ClNO5. The van der Waals surface area contributed by atoms with E-state index < -0.39 is 23.4 Å². The predicted molar refractivity (Wildman–Crippen MR) is 66.6 cm³/mol. The average Bonchev–Trinajstić information content (AvgIpc) is 2.13. The third-order valence-electron chi connectivity index (χ3n) is 1.61. The summed E-state index contributed by atoms with van der Waals surface area (Å²) in [4.78, 5) is 23.8. The molecule has 1 unspecified atom stereocenters. The lowest BCUT2D eigenvalue weighted by atomic mass is 10.2. The van der Waals surface area contributed by atoms with E-state index in [0.29, 0.717) is 0 Å². The highest BCUT2D eigenvalue weighted by atomic mass is 35.5. The van der Waals surface area contributed by atoms with Crippen LogP contribution < -0.4 is 0 Å². The third-order valence-corrected chi connectivity index (χ3v) is 1.70. The number of carbonyl (C=O) groups is 2. The summed E-state index contributed by atoms with van der Waals surface area (Å²) in [5.41, 5.74) is -1.31. The van der Waals surface area contributed by atoms with Gasteiger partial charge in [0.1, 0.15) is 12.2 Å². The van der Waals surface area contributed by atoms with Crippen LogP contribution in [0, 0.1) is 0 Å². The highest BCUT2D eigenvalue weighted by molar-refractivity contribution is 6.19. The normalized spacial score (nSPS) is 12.6. The van der Waals surface area contributed by atoms with Crippen LogP contribution in [0.15, 0.2) is 0 Å². The van der Waals surface area contributed by atoms with E-state index >= 15 is 0 Å². The fourth-order valence-electron chi connectivity index (χ4n) is 0.864. The van der Waals surface area contributed by atoms with Gasteiger partial charge < -0.3 is 19.1 Å². The third kappa shape index (κ3) is 8.92. The molecule has 0 aromatic carbocycles. The van der Waals surface area contributed by atoms with Crippen LogP contribution in [-0.2, 0) is 14.2 Å². The van der Waals surface area contributed by atoms with Gasteiger partial charge in [0.15, 0.2) is 5.56 Å². The van der Waals surface area contributed by atoms with Crippen molar-refractivity contribution in [3.63, 3.8) is 0 Å². The number of ether oxygens (including phenoxy) is 3. The Balaban J connectivity index is 3.86. The number of amides is 1. The molecule has 0 fully saturated rings. The Morgan fingerprint density at radius 3 is 2.33 bits per heavy atom. The highest BCUT2D eigenvalue weighted by Gasteiger charge is 2.19. The second-order valence-corrected chi connectivity index (χ2v) is 5.28. The van der Waals surface area contributed by atoms with Crippen LogP contribution in [0.3, 0.4) is 0 Å². The molecule has 0 heterocycles. The van der Waals surface area contributed by atoms with Crippen LogP contribution in [0.1, 0.15) is 27.7 Å². The zero-order valence-electron chi connectivity index (χ0n) is 11.4. The van der Waals surface area contributed by atoms with Crippen molar-refractivity contribution in [2.75, 3.05) is 20.2 Å². The van der Waals surface area contributed by atoms with Crippen molar-refractivity contribution in [3.8, 4) is 0 Å². The van der Waals surface area contributed by atoms with Gasteiger partial charge in [-0.3, -0.25) is 0 Å². The van der Waals surface area contributed by atoms with Gasteiger partial charge in [0.25, 0.3) is 0 Å². The first-order chi connectivity index (χ1) is 8.11. The molecule has 18 heavy (non-hydrogen) atoms. The number of hydrogen-bond donors (Lipinski definition) is 0. The number of carbonyl (C=O) groups excluding carboxylic acids is 2. The molecule has 0 bridgehead atoms. The van der Waals surface area contributed by atoms with Gasteiger partial charge >= 0.3 is 12.2 Å². The molecule has 0 spiro atoms. The van der Waals surface area contributed by atoms with E-state index in [1.807, 2.05) is 0 Å². The Bertz CT molecular complexity index is 288. The van der Waals surface area contributed by atoms with Crippen molar-refractivity contribution in [1.29, 1.82) is 0 Å². The monoisotopic (exact) mass is 281 g/mol. The number of nitrogens with zero attached hydrogens (tertiary/aromatic N) is 1. The zero-order valence-corrected chi connectivity index (χ0v) is 12.1. The average molecular weight is 282 g/mol. The lowest BCUT2D eigenvalue weighted by molar-refractivity contribution is 0.0187. The first-order valence-corrected chi connectivity index (χ1v) is 5.97. The van der Waals surface area contributed by atoms with Crippen LogP contribution >= 0.6 is 11.6 Å². The molecule has 0 saturated carbocycles. The van der Waals surface area contributed by atoms with E-state index in [2.05, 4.69) is 4.74 Å². The van der Waals surface area contributed by atoms with Crippen molar-refractivity contribution < 1.29 is 23.8 Å². The molecule has 0 radical (unpaired) electrons. The summed E-state index contributed by atoms with van der Waals surface area (Å²) in [5.74, 6) is 0. The van der Waals surface area contributed by atoms with Crippen molar-refractivity contribution in [2.45, 2.75) is 38.9 Å². The van der Waals surface area contributed by atoms with Gasteiger partial charge in [-0.2, -0.15) is 0 Å². The molecule has 1 amide bonds. The summed E-state index contributed by atoms with van der Waals surface area (Å²) in [6.45, 7) is 7.03. The minimum atomic E-state index is -0.866. The quantitative estimate of drug-likeness (QED) is 0.585. The van der Waals surface area contributed by atoms with E-state index in [1.165, 1.54) is 11.8 Å². The molecular weight excluding hydrogens is 262 g/mol. The maximum atomic E-state index is 11.5. The lowest BCUT2D eigenvalue weighted by Gasteiger charge is -2.24. The summed E-state index contributed by atoms with van der Waals surface area (Å²) in [7, 11) is 1.55. The number of alkyl halides is 1. The fourth-order valence-corrected chi connectivity index (χ4v) is 0.936. The maximum absolute atomic E-state index is 11.5. The number of hydrogen-bond acceptors (Lipinski definition) is 5. The molecule has 0 aliphatic heterocycles. The van der Waals surface area contributed by atoms with Crippen molar-refractivity contribution >= 4 is 23.8 Å². The molecule has 0 N–H and O–H groups in total. The first-order valence-electron chi connectivity index (χ1n) is 5.53. The Labute approximate surface area is 112 Å². The van der Waals surface area contributed by atoms with Gasteiger partial charge in [-0.1, -0.05) is 11.6 Å². The molecule has 0 aromatic heterocycles. The second kappa shape index (κ2) is 7.31. The summed E-state index contributed by atoms with van der Waals surface area (Å²) in [6.07, 6.45) is -1.35. The van der Waals surface area contributed by atoms with E-state index in [0.717, 1.165) is 0 Å². The number of rotatable bonds is 4. The Morgan fingerprint density at radius 1 is 1.33 bits per heavy atom. The maximum Gasteiger partial charge on any atom is 0.509 e. The smallest absolute Gasteiger partial charge is 0.444 e. The summed E-state index contributed by atoms with van der Waals surface area (Å²) >= 11 is 5.43. The van der Waals surface area contributed by atoms with Crippen molar-refractivity contribution in [1.82, 2.24) is 4.90 Å². The first kappa shape index (κ1) is 16.8. The van der Waals surface area contributed by atoms with Gasteiger partial charge in [-0.15, -0.1) is 0 Å². The Kier molecular flexibility index (Phi) is 6.83. The van der Waals surface area contributed by atoms with E-state index in [9.17, 15) is 9.59 Å². The fraction of sp³-hybridized carbons (Fsp3) is 0.818. The van der Waals surface area contributed by atoms with E-state index in [1.54, 1.807) is 27.8 Å². The van der Waals surface area contributed by atoms with Crippen LogP contribution in [0.5, 0.6) is 0 Å². The van der Waals surface area contributed by atoms with Crippen molar-refractivity contribution in [2.24, 2.45) is 0 Å². The van der Waals surface area contributed by atoms with Gasteiger partial charge in [0.2, 0.25) is 0 Å². The molecule has 6 nitrogen and oxygen atoms in total. The van der Waals surface area contributed by atoms with Crippen LogP contribution in [-0.4, -0.2) is 48.5 Å².